The van der Waals surface area contributed by atoms with E-state index < -0.39 is 5.82 Å². The first-order chi connectivity index (χ1) is 13.5. The summed E-state index contributed by atoms with van der Waals surface area (Å²) in [6.45, 7) is 2.98. The van der Waals surface area contributed by atoms with Crippen LogP contribution in [-0.4, -0.2) is 43.8 Å². The molecule has 5 rings (SSSR count). The smallest absolute Gasteiger partial charge is 0.259 e. The molecule has 1 fully saturated rings. The Kier molecular flexibility index (Phi) is 3.68. The van der Waals surface area contributed by atoms with E-state index in [1.54, 1.807) is 13.0 Å². The summed E-state index contributed by atoms with van der Waals surface area (Å²) in [6.07, 6.45) is 2.98. The summed E-state index contributed by atoms with van der Waals surface area (Å²) in [6, 6.07) is 4.38. The third-order valence-corrected chi connectivity index (χ3v) is 5.65. The fourth-order valence-corrected chi connectivity index (χ4v) is 4.19. The molecule has 1 amide bonds. The number of rotatable bonds is 1. The molecule has 1 aliphatic heterocycles. The maximum Gasteiger partial charge on any atom is 0.259 e. The molecule has 7 nitrogen and oxygen atoms in total. The van der Waals surface area contributed by atoms with Gasteiger partial charge in [-0.2, -0.15) is 0 Å². The molecule has 0 radical (unpaired) electrons. The number of aromatic amines is 2. The number of halogens is 1. The van der Waals surface area contributed by atoms with Gasteiger partial charge in [0.15, 0.2) is 0 Å². The van der Waals surface area contributed by atoms with Crippen molar-refractivity contribution in [1.29, 1.82) is 0 Å². The molecule has 0 bridgehead atoms. The maximum absolute atomic E-state index is 13.9. The number of aromatic nitrogens is 4. The van der Waals surface area contributed by atoms with E-state index in [0.717, 1.165) is 18.7 Å². The highest BCUT2D eigenvalue weighted by Crippen LogP contribution is 2.34. The number of nitrogens with one attached hydrogen (secondary N) is 2. The summed E-state index contributed by atoms with van der Waals surface area (Å²) in [5, 5.41) is 1.57. The monoisotopic (exact) mass is 379 g/mol. The molecule has 28 heavy (non-hydrogen) atoms. The van der Waals surface area contributed by atoms with Gasteiger partial charge in [0.2, 0.25) is 5.91 Å². The first-order valence-electron chi connectivity index (χ1n) is 9.26. The second kappa shape index (κ2) is 6.12. The van der Waals surface area contributed by atoms with Crippen molar-refractivity contribution in [3.05, 3.63) is 46.5 Å². The van der Waals surface area contributed by atoms with Gasteiger partial charge in [-0.15, -0.1) is 0 Å². The molecule has 2 aromatic carbocycles. The highest BCUT2D eigenvalue weighted by atomic mass is 19.1. The molecular weight excluding hydrogens is 361 g/mol. The highest BCUT2D eigenvalue weighted by Gasteiger charge is 2.25. The van der Waals surface area contributed by atoms with Gasteiger partial charge in [-0.25, -0.2) is 14.4 Å². The largest absolute Gasteiger partial charge is 0.343 e. The number of likely N-dealkylation sites (tertiary alicyclic amines) is 1. The molecule has 1 saturated heterocycles. The van der Waals surface area contributed by atoms with E-state index >= 15 is 0 Å². The summed E-state index contributed by atoms with van der Waals surface area (Å²) in [5.41, 5.74) is 1.54. The van der Waals surface area contributed by atoms with Gasteiger partial charge in [0, 0.05) is 36.7 Å². The van der Waals surface area contributed by atoms with E-state index in [0.29, 0.717) is 45.8 Å². The number of H-pyrrole nitrogens is 2. The number of nitrogens with zero attached hydrogens (tertiary/aromatic N) is 3. The Morgan fingerprint density at radius 3 is 2.75 bits per heavy atom. The lowest BCUT2D eigenvalue weighted by Gasteiger charge is -2.30. The lowest BCUT2D eigenvalue weighted by Crippen LogP contribution is -2.36. The van der Waals surface area contributed by atoms with Crippen molar-refractivity contribution in [3.63, 3.8) is 0 Å². The minimum absolute atomic E-state index is 0.0884. The molecule has 0 unspecified atom stereocenters. The number of benzene rings is 2. The molecular formula is C20H18FN5O2. The average molecular weight is 379 g/mol. The van der Waals surface area contributed by atoms with Crippen LogP contribution >= 0.6 is 0 Å². The number of hydrogen-bond donors (Lipinski definition) is 2. The van der Waals surface area contributed by atoms with Crippen LogP contribution in [0.2, 0.25) is 0 Å². The van der Waals surface area contributed by atoms with Gasteiger partial charge in [0.05, 0.1) is 22.7 Å². The second-order valence-electron chi connectivity index (χ2n) is 7.27. The number of piperidine rings is 1. The third kappa shape index (κ3) is 2.48. The highest BCUT2D eigenvalue weighted by molar-refractivity contribution is 6.21. The van der Waals surface area contributed by atoms with E-state index in [1.165, 1.54) is 18.5 Å². The van der Waals surface area contributed by atoms with Gasteiger partial charge < -0.3 is 14.9 Å². The van der Waals surface area contributed by atoms with E-state index in [-0.39, 0.29) is 17.4 Å². The summed E-state index contributed by atoms with van der Waals surface area (Å²) in [5.74, 6) is 0.684. The molecule has 2 N–H and O–H groups in total. The summed E-state index contributed by atoms with van der Waals surface area (Å²) < 4.78 is 13.9. The van der Waals surface area contributed by atoms with Gasteiger partial charge in [-0.1, -0.05) is 0 Å². The van der Waals surface area contributed by atoms with Crippen molar-refractivity contribution in [2.75, 3.05) is 13.1 Å². The Hall–Kier alpha value is -3.29. The number of imidazole rings is 1. The second-order valence-corrected chi connectivity index (χ2v) is 7.27. The Bertz CT molecular complexity index is 1300. The van der Waals surface area contributed by atoms with Gasteiger partial charge in [-0.05, 0) is 31.0 Å². The number of amides is 1. The number of carbonyl (C=O) groups is 1. The van der Waals surface area contributed by atoms with Crippen LogP contribution in [0.1, 0.15) is 31.5 Å². The molecule has 142 valence electrons. The van der Waals surface area contributed by atoms with Crippen LogP contribution < -0.4 is 5.56 Å². The predicted octanol–water partition coefficient (Wildman–Crippen LogP) is 2.82. The van der Waals surface area contributed by atoms with Gasteiger partial charge in [0.25, 0.3) is 5.56 Å². The Morgan fingerprint density at radius 1 is 1.21 bits per heavy atom. The van der Waals surface area contributed by atoms with Crippen LogP contribution in [-0.2, 0) is 4.79 Å². The van der Waals surface area contributed by atoms with Crippen LogP contribution in [0.5, 0.6) is 0 Å². The molecule has 2 aromatic heterocycles. The standard InChI is InChI=1S/C20H18FN5O2/c1-10(27)26-6-4-11(5-7-26)19-24-16-13-3-2-12(21)8-14(13)15-17(18(16)25-19)22-9-23-20(15)28/h2-3,8-9,11H,4-7H2,1H3,(H,24,25)(H,22,23,28). The van der Waals surface area contributed by atoms with Crippen molar-refractivity contribution in [2.24, 2.45) is 0 Å². The van der Waals surface area contributed by atoms with Crippen LogP contribution in [0.25, 0.3) is 32.7 Å². The van der Waals surface area contributed by atoms with Crippen molar-refractivity contribution in [2.45, 2.75) is 25.7 Å². The van der Waals surface area contributed by atoms with Crippen molar-refractivity contribution in [3.8, 4) is 0 Å². The van der Waals surface area contributed by atoms with Gasteiger partial charge in [-0.3, -0.25) is 9.59 Å². The number of hydrogen-bond acceptors (Lipinski definition) is 4. The molecule has 3 heterocycles. The minimum Gasteiger partial charge on any atom is -0.343 e. The molecule has 0 aliphatic carbocycles. The van der Waals surface area contributed by atoms with Crippen molar-refractivity contribution >= 4 is 38.6 Å². The van der Waals surface area contributed by atoms with Crippen LogP contribution in [0.15, 0.2) is 29.3 Å². The average Bonchev–Trinajstić information content (AvgIpc) is 3.13. The first-order valence-corrected chi connectivity index (χ1v) is 9.26. The number of fused-ring (bicyclic) bond motifs is 6. The molecule has 4 aromatic rings. The van der Waals surface area contributed by atoms with E-state index in [2.05, 4.69) is 15.0 Å². The molecule has 8 heteroatoms. The Labute approximate surface area is 158 Å². The minimum atomic E-state index is -0.413. The zero-order valence-corrected chi connectivity index (χ0v) is 15.3. The third-order valence-electron chi connectivity index (χ3n) is 5.65. The quantitative estimate of drug-likeness (QED) is 0.497. The zero-order valence-electron chi connectivity index (χ0n) is 15.3. The van der Waals surface area contributed by atoms with Crippen molar-refractivity contribution < 1.29 is 9.18 Å². The summed E-state index contributed by atoms with van der Waals surface area (Å²) in [4.78, 5) is 41.0. The van der Waals surface area contributed by atoms with Crippen LogP contribution in [0, 0.1) is 5.82 Å². The molecule has 1 aliphatic rings. The number of carbonyl (C=O) groups excluding carboxylic acids is 1. The molecule has 0 spiro atoms. The maximum atomic E-state index is 13.9. The van der Waals surface area contributed by atoms with E-state index in [1.807, 2.05) is 4.90 Å². The van der Waals surface area contributed by atoms with Crippen LogP contribution in [0.4, 0.5) is 4.39 Å². The molecule has 0 atom stereocenters. The Morgan fingerprint density at radius 2 is 2.00 bits per heavy atom. The fraction of sp³-hybridized carbons (Fsp3) is 0.300. The SMILES string of the molecule is CC(=O)N1CCC(c2nc3c4ccc(F)cc4c4c(=O)[nH]cnc4c3[nH]2)CC1. The first kappa shape index (κ1) is 16.9. The lowest BCUT2D eigenvalue weighted by molar-refractivity contribution is -0.129. The normalized spacial score (nSPS) is 15.7. The molecule has 0 saturated carbocycles. The summed E-state index contributed by atoms with van der Waals surface area (Å²) >= 11 is 0. The van der Waals surface area contributed by atoms with E-state index in [9.17, 15) is 14.0 Å². The topological polar surface area (TPSA) is 94.7 Å². The lowest BCUT2D eigenvalue weighted by atomic mass is 9.96. The van der Waals surface area contributed by atoms with Crippen LogP contribution in [0.3, 0.4) is 0 Å². The van der Waals surface area contributed by atoms with Gasteiger partial charge in [0.1, 0.15) is 17.2 Å². The zero-order chi connectivity index (χ0) is 19.4. The van der Waals surface area contributed by atoms with E-state index in [4.69, 9.17) is 4.98 Å². The predicted molar refractivity (Wildman–Crippen MR) is 104 cm³/mol. The fourth-order valence-electron chi connectivity index (χ4n) is 4.19. The van der Waals surface area contributed by atoms with Crippen molar-refractivity contribution in [1.82, 2.24) is 24.8 Å². The summed E-state index contributed by atoms with van der Waals surface area (Å²) in [7, 11) is 0. The Balaban J connectivity index is 1.73. The van der Waals surface area contributed by atoms with Gasteiger partial charge >= 0.3 is 0 Å².